The number of ether oxygens (including phenoxy) is 2. The molecular formula is C18H29N3O8. The highest BCUT2D eigenvalue weighted by atomic mass is 16.6. The van der Waals surface area contributed by atoms with Crippen molar-refractivity contribution in [3.63, 3.8) is 0 Å². The number of carbonyl (C=O) groups is 2. The molecule has 1 saturated heterocycles. The summed E-state index contributed by atoms with van der Waals surface area (Å²) < 4.78 is 10.4. The SMILES string of the molecule is CC(=O)C1(O)CC(O)C([C@@H](C)O)C(C[C@H](O)COC(=O)[C@H](N)Cc2c[nH]cn2)O1. The number of aromatic nitrogens is 2. The Balaban J connectivity index is 1.93. The molecule has 0 bridgehead atoms. The zero-order chi connectivity index (χ0) is 21.8. The lowest BCUT2D eigenvalue weighted by molar-refractivity contribution is -0.285. The van der Waals surface area contributed by atoms with Crippen LogP contribution in [0.1, 0.15) is 32.4 Å². The van der Waals surface area contributed by atoms with Crippen LogP contribution in [0.2, 0.25) is 0 Å². The number of ketones is 1. The summed E-state index contributed by atoms with van der Waals surface area (Å²) in [4.78, 5) is 30.4. The molecule has 164 valence electrons. The number of Topliss-reactive ketones (excluding diaryl/α,β-unsaturated/α-hetero) is 1. The number of hydrogen-bond acceptors (Lipinski definition) is 10. The average Bonchev–Trinajstić information content (AvgIpc) is 3.11. The van der Waals surface area contributed by atoms with Gasteiger partial charge in [0, 0.05) is 38.3 Å². The molecule has 2 heterocycles. The van der Waals surface area contributed by atoms with Gasteiger partial charge in [0.1, 0.15) is 12.6 Å². The number of nitrogens with zero attached hydrogens (tertiary/aromatic N) is 1. The summed E-state index contributed by atoms with van der Waals surface area (Å²) in [6.07, 6.45) is -1.89. The first kappa shape index (κ1) is 23.4. The van der Waals surface area contributed by atoms with Crippen LogP contribution in [0, 0.1) is 5.92 Å². The maximum atomic E-state index is 12.0. The molecule has 7 atom stereocenters. The fraction of sp³-hybridized carbons (Fsp3) is 0.722. The molecule has 11 heteroatoms. The number of H-pyrrole nitrogens is 1. The fourth-order valence-corrected chi connectivity index (χ4v) is 3.44. The van der Waals surface area contributed by atoms with Crippen molar-refractivity contribution in [2.75, 3.05) is 6.61 Å². The molecule has 0 saturated carbocycles. The van der Waals surface area contributed by atoms with Gasteiger partial charge in [-0.15, -0.1) is 0 Å². The van der Waals surface area contributed by atoms with E-state index in [9.17, 15) is 30.0 Å². The first-order valence-corrected chi connectivity index (χ1v) is 9.38. The smallest absolute Gasteiger partial charge is 0.323 e. The third kappa shape index (κ3) is 6.04. The predicted molar refractivity (Wildman–Crippen MR) is 98.1 cm³/mol. The van der Waals surface area contributed by atoms with Crippen LogP contribution in [-0.4, -0.2) is 85.0 Å². The van der Waals surface area contributed by atoms with Crippen molar-refractivity contribution in [3.05, 3.63) is 18.2 Å². The number of nitrogens with two attached hydrogens (primary N) is 1. The monoisotopic (exact) mass is 415 g/mol. The molecule has 0 radical (unpaired) electrons. The van der Waals surface area contributed by atoms with Crippen molar-refractivity contribution < 1.29 is 39.5 Å². The van der Waals surface area contributed by atoms with Crippen LogP contribution in [0.4, 0.5) is 0 Å². The Labute approximate surface area is 167 Å². The van der Waals surface area contributed by atoms with E-state index in [0.717, 1.165) is 6.92 Å². The van der Waals surface area contributed by atoms with E-state index in [1.807, 2.05) is 0 Å². The number of carbonyl (C=O) groups excluding carboxylic acids is 2. The summed E-state index contributed by atoms with van der Waals surface area (Å²) in [6, 6.07) is -0.966. The van der Waals surface area contributed by atoms with Gasteiger partial charge in [-0.2, -0.15) is 0 Å². The second-order valence-corrected chi connectivity index (χ2v) is 7.48. The van der Waals surface area contributed by atoms with Gasteiger partial charge in [0.05, 0.1) is 36.4 Å². The van der Waals surface area contributed by atoms with Crippen LogP contribution in [-0.2, 0) is 25.5 Å². The first-order chi connectivity index (χ1) is 13.5. The average molecular weight is 415 g/mol. The topological polar surface area (TPSA) is 188 Å². The molecule has 1 aliphatic rings. The zero-order valence-corrected chi connectivity index (χ0v) is 16.4. The van der Waals surface area contributed by atoms with E-state index in [1.54, 1.807) is 6.20 Å². The Morgan fingerprint density at radius 2 is 2.17 bits per heavy atom. The van der Waals surface area contributed by atoms with Crippen LogP contribution < -0.4 is 5.73 Å². The molecule has 1 aromatic rings. The maximum Gasteiger partial charge on any atom is 0.323 e. The van der Waals surface area contributed by atoms with E-state index in [0.29, 0.717) is 5.69 Å². The van der Waals surface area contributed by atoms with Gasteiger partial charge in [-0.3, -0.25) is 9.59 Å². The summed E-state index contributed by atoms with van der Waals surface area (Å²) >= 11 is 0. The molecule has 0 amide bonds. The Kier molecular flexibility index (Phi) is 7.86. The Bertz CT molecular complexity index is 683. The molecule has 0 aliphatic carbocycles. The first-order valence-electron chi connectivity index (χ1n) is 9.38. The standard InChI is InChI=1S/C18H29N3O8/c1-9(22)16-14(25)5-18(27,10(2)23)29-15(16)4-12(24)7-28-17(26)13(19)3-11-6-20-8-21-11/h6,8-9,12-16,22,24-25,27H,3-5,7,19H2,1-2H3,(H,20,21)/t9-,12+,13-,14?,15?,16?,18?/m1/s1. The summed E-state index contributed by atoms with van der Waals surface area (Å²) in [6.45, 7) is 2.14. The molecule has 2 rings (SSSR count). The predicted octanol–water partition coefficient (Wildman–Crippen LogP) is -2.00. The van der Waals surface area contributed by atoms with E-state index >= 15 is 0 Å². The van der Waals surface area contributed by atoms with Crippen molar-refractivity contribution in [2.45, 2.75) is 69.4 Å². The number of aromatic amines is 1. The number of esters is 1. The van der Waals surface area contributed by atoms with E-state index < -0.39 is 60.5 Å². The summed E-state index contributed by atoms with van der Waals surface area (Å²) in [5.41, 5.74) is 6.34. The van der Waals surface area contributed by atoms with E-state index in [-0.39, 0.29) is 19.3 Å². The Morgan fingerprint density at radius 1 is 1.48 bits per heavy atom. The lowest BCUT2D eigenvalue weighted by Crippen LogP contribution is -2.58. The van der Waals surface area contributed by atoms with Crippen molar-refractivity contribution in [2.24, 2.45) is 11.7 Å². The molecule has 1 fully saturated rings. The second-order valence-electron chi connectivity index (χ2n) is 7.48. The van der Waals surface area contributed by atoms with E-state index in [2.05, 4.69) is 9.97 Å². The number of rotatable bonds is 9. The van der Waals surface area contributed by atoms with Crippen molar-refractivity contribution in [1.82, 2.24) is 9.97 Å². The minimum atomic E-state index is -2.21. The largest absolute Gasteiger partial charge is 0.462 e. The van der Waals surface area contributed by atoms with Gasteiger partial charge >= 0.3 is 5.97 Å². The molecule has 1 aromatic heterocycles. The van der Waals surface area contributed by atoms with Crippen LogP contribution in [0.25, 0.3) is 0 Å². The van der Waals surface area contributed by atoms with Crippen LogP contribution >= 0.6 is 0 Å². The quantitative estimate of drug-likeness (QED) is 0.246. The molecule has 29 heavy (non-hydrogen) atoms. The van der Waals surface area contributed by atoms with Crippen molar-refractivity contribution >= 4 is 11.8 Å². The van der Waals surface area contributed by atoms with Crippen LogP contribution in [0.3, 0.4) is 0 Å². The number of nitrogens with one attached hydrogen (secondary N) is 1. The third-order valence-electron chi connectivity index (χ3n) is 5.02. The van der Waals surface area contributed by atoms with E-state index in [1.165, 1.54) is 13.3 Å². The highest BCUT2D eigenvalue weighted by molar-refractivity contribution is 5.83. The molecule has 4 unspecified atom stereocenters. The Morgan fingerprint density at radius 3 is 2.72 bits per heavy atom. The molecule has 0 spiro atoms. The van der Waals surface area contributed by atoms with Gasteiger partial charge in [0.2, 0.25) is 5.79 Å². The maximum absolute atomic E-state index is 12.0. The lowest BCUT2D eigenvalue weighted by atomic mass is 9.81. The number of hydrogen-bond donors (Lipinski definition) is 6. The molecule has 0 aromatic carbocycles. The van der Waals surface area contributed by atoms with Gasteiger partial charge < -0.3 is 40.6 Å². The third-order valence-corrected chi connectivity index (χ3v) is 5.02. The van der Waals surface area contributed by atoms with Gasteiger partial charge in [0.25, 0.3) is 0 Å². The molecule has 1 aliphatic heterocycles. The minimum absolute atomic E-state index is 0.159. The normalized spacial score (nSPS) is 30.4. The highest BCUT2D eigenvalue weighted by Gasteiger charge is 2.50. The zero-order valence-electron chi connectivity index (χ0n) is 16.4. The molecule has 7 N–H and O–H groups in total. The van der Waals surface area contributed by atoms with Crippen LogP contribution in [0.5, 0.6) is 0 Å². The summed E-state index contributed by atoms with van der Waals surface area (Å²) in [7, 11) is 0. The van der Waals surface area contributed by atoms with E-state index in [4.69, 9.17) is 15.2 Å². The van der Waals surface area contributed by atoms with Gasteiger partial charge in [-0.25, -0.2) is 4.98 Å². The lowest BCUT2D eigenvalue weighted by Gasteiger charge is -2.44. The summed E-state index contributed by atoms with van der Waals surface area (Å²) in [5.74, 6) is -4.49. The number of aliphatic hydroxyl groups excluding tert-OH is 3. The number of imidazole rings is 1. The summed E-state index contributed by atoms with van der Waals surface area (Å²) in [5, 5.41) is 40.8. The minimum Gasteiger partial charge on any atom is -0.462 e. The van der Waals surface area contributed by atoms with Gasteiger partial charge in [-0.05, 0) is 6.92 Å². The fourth-order valence-electron chi connectivity index (χ4n) is 3.44. The van der Waals surface area contributed by atoms with Crippen molar-refractivity contribution in [3.8, 4) is 0 Å². The van der Waals surface area contributed by atoms with Gasteiger partial charge in [0.15, 0.2) is 5.78 Å². The number of aliphatic hydroxyl groups is 4. The van der Waals surface area contributed by atoms with Crippen molar-refractivity contribution in [1.29, 1.82) is 0 Å². The molecular weight excluding hydrogens is 386 g/mol. The van der Waals surface area contributed by atoms with Gasteiger partial charge in [-0.1, -0.05) is 0 Å². The highest BCUT2D eigenvalue weighted by Crippen LogP contribution is 2.36. The van der Waals surface area contributed by atoms with Crippen LogP contribution in [0.15, 0.2) is 12.5 Å². The Hall–Kier alpha value is -1.89. The molecule has 11 nitrogen and oxygen atoms in total. The second kappa shape index (κ2) is 9.74.